The summed E-state index contributed by atoms with van der Waals surface area (Å²) in [5.41, 5.74) is 2.92. The molecule has 24 heavy (non-hydrogen) atoms. The monoisotopic (exact) mass is 358 g/mol. The van der Waals surface area contributed by atoms with E-state index in [2.05, 4.69) is 11.4 Å². The maximum atomic E-state index is 13.3. The van der Waals surface area contributed by atoms with Crippen molar-refractivity contribution in [2.45, 2.75) is 44.4 Å². The molecule has 3 rings (SSSR count). The average Bonchev–Trinajstić information content (AvgIpc) is 2.55. The third-order valence-corrected chi connectivity index (χ3v) is 5.17. The lowest BCUT2D eigenvalue weighted by molar-refractivity contribution is -0.0494. The summed E-state index contributed by atoms with van der Waals surface area (Å²) < 4.78 is 26.6. The van der Waals surface area contributed by atoms with Gasteiger partial charge in [-0.3, -0.25) is 4.79 Å². The van der Waals surface area contributed by atoms with E-state index in [0.29, 0.717) is 11.5 Å². The van der Waals surface area contributed by atoms with Crippen molar-refractivity contribution in [2.24, 2.45) is 0 Å². The minimum atomic E-state index is -2.62. The third-order valence-electron chi connectivity index (χ3n) is 5.17. The number of alkyl halides is 2. The second-order valence-corrected chi connectivity index (χ2v) is 6.69. The Kier molecular flexibility index (Phi) is 6.21. The molecule has 6 heteroatoms. The highest BCUT2D eigenvalue weighted by Crippen LogP contribution is 2.32. The van der Waals surface area contributed by atoms with Crippen molar-refractivity contribution in [3.63, 3.8) is 0 Å². The molecule has 0 saturated carbocycles. The van der Waals surface area contributed by atoms with E-state index in [1.54, 1.807) is 4.90 Å². The first-order valence-corrected chi connectivity index (χ1v) is 8.45. The summed E-state index contributed by atoms with van der Waals surface area (Å²) in [4.78, 5) is 14.3. The molecule has 1 amide bonds. The number of nitrogens with zero attached hydrogens (tertiary/aromatic N) is 1. The molecule has 2 aliphatic rings. The third kappa shape index (κ3) is 4.06. The van der Waals surface area contributed by atoms with Crippen LogP contribution in [0.2, 0.25) is 0 Å². The smallest absolute Gasteiger partial charge is 0.254 e. The normalized spacial score (nSPS) is 21.2. The molecule has 134 valence electrons. The molecule has 0 radical (unpaired) electrons. The number of hydrogen-bond donors (Lipinski definition) is 1. The van der Waals surface area contributed by atoms with Crippen LogP contribution in [0.25, 0.3) is 0 Å². The van der Waals surface area contributed by atoms with E-state index in [1.165, 1.54) is 5.56 Å². The summed E-state index contributed by atoms with van der Waals surface area (Å²) in [6, 6.07) is 5.86. The van der Waals surface area contributed by atoms with Crippen molar-refractivity contribution >= 4 is 18.3 Å². The standard InChI is InChI=1S/C18H24F2N2O.ClH/c1-13-15(14-5-9-21-10-6-14)3-2-4-16(13)17(23)22-11-7-18(19,20)8-12-22;/h2-4,14,21H,5-12H2,1H3;1H. The van der Waals surface area contributed by atoms with E-state index in [-0.39, 0.29) is 44.2 Å². The van der Waals surface area contributed by atoms with E-state index in [4.69, 9.17) is 0 Å². The van der Waals surface area contributed by atoms with Gasteiger partial charge in [0.15, 0.2) is 0 Å². The lowest BCUT2D eigenvalue weighted by Gasteiger charge is -2.32. The summed E-state index contributed by atoms with van der Waals surface area (Å²) >= 11 is 0. The van der Waals surface area contributed by atoms with Gasteiger partial charge in [-0.15, -0.1) is 12.4 Å². The molecule has 1 aromatic rings. The van der Waals surface area contributed by atoms with Crippen molar-refractivity contribution in [1.29, 1.82) is 0 Å². The maximum absolute atomic E-state index is 13.3. The van der Waals surface area contributed by atoms with E-state index in [0.717, 1.165) is 31.5 Å². The fraction of sp³-hybridized carbons (Fsp3) is 0.611. The maximum Gasteiger partial charge on any atom is 0.254 e. The summed E-state index contributed by atoms with van der Waals surface area (Å²) in [5.74, 6) is -2.24. The predicted molar refractivity (Wildman–Crippen MR) is 93.4 cm³/mol. The molecule has 2 fully saturated rings. The number of carbonyl (C=O) groups excluding carboxylic acids is 1. The van der Waals surface area contributed by atoms with Crippen LogP contribution in [0.5, 0.6) is 0 Å². The predicted octanol–water partition coefficient (Wildman–Crippen LogP) is 3.76. The van der Waals surface area contributed by atoms with Crippen LogP contribution in [-0.4, -0.2) is 42.9 Å². The second-order valence-electron chi connectivity index (χ2n) is 6.69. The van der Waals surface area contributed by atoms with E-state index >= 15 is 0 Å². The summed E-state index contributed by atoms with van der Waals surface area (Å²) in [5, 5.41) is 3.35. The number of likely N-dealkylation sites (tertiary alicyclic amines) is 1. The highest BCUT2D eigenvalue weighted by Gasteiger charge is 2.36. The largest absolute Gasteiger partial charge is 0.338 e. The Hall–Kier alpha value is -1.20. The van der Waals surface area contributed by atoms with Crippen LogP contribution >= 0.6 is 12.4 Å². The molecule has 2 heterocycles. The second kappa shape index (κ2) is 7.79. The SMILES string of the molecule is Cc1c(C(=O)N2CCC(F)(F)CC2)cccc1C1CCNCC1.Cl. The van der Waals surface area contributed by atoms with Gasteiger partial charge < -0.3 is 10.2 Å². The number of piperidine rings is 2. The summed E-state index contributed by atoms with van der Waals surface area (Å²) in [6.07, 6.45) is 1.69. The molecular formula is C18H25ClF2N2O. The Morgan fingerprint density at radius 3 is 2.46 bits per heavy atom. The van der Waals surface area contributed by atoms with E-state index in [1.807, 2.05) is 19.1 Å². The zero-order valence-corrected chi connectivity index (χ0v) is 14.8. The van der Waals surface area contributed by atoms with Crippen LogP contribution in [-0.2, 0) is 0 Å². The molecular weight excluding hydrogens is 334 g/mol. The molecule has 1 N–H and O–H groups in total. The number of hydrogen-bond acceptors (Lipinski definition) is 2. The first kappa shape index (κ1) is 19.1. The number of carbonyl (C=O) groups is 1. The minimum Gasteiger partial charge on any atom is -0.338 e. The molecule has 0 unspecified atom stereocenters. The van der Waals surface area contributed by atoms with E-state index < -0.39 is 5.92 Å². The average molecular weight is 359 g/mol. The van der Waals surface area contributed by atoms with E-state index in [9.17, 15) is 13.6 Å². The van der Waals surface area contributed by atoms with Crippen molar-refractivity contribution in [2.75, 3.05) is 26.2 Å². The van der Waals surface area contributed by atoms with Gasteiger partial charge in [0, 0.05) is 31.5 Å². The number of benzene rings is 1. The molecule has 0 bridgehead atoms. The van der Waals surface area contributed by atoms with Gasteiger partial charge in [0.25, 0.3) is 11.8 Å². The topological polar surface area (TPSA) is 32.3 Å². The summed E-state index contributed by atoms with van der Waals surface area (Å²) in [7, 11) is 0. The first-order valence-electron chi connectivity index (χ1n) is 8.45. The number of rotatable bonds is 2. The molecule has 0 aromatic heterocycles. The highest BCUT2D eigenvalue weighted by atomic mass is 35.5. The van der Waals surface area contributed by atoms with Gasteiger partial charge >= 0.3 is 0 Å². The lowest BCUT2D eigenvalue weighted by atomic mass is 9.85. The Morgan fingerprint density at radius 2 is 1.83 bits per heavy atom. The quantitative estimate of drug-likeness (QED) is 0.873. The number of amides is 1. The zero-order chi connectivity index (χ0) is 16.4. The van der Waals surface area contributed by atoms with Crippen molar-refractivity contribution in [3.05, 3.63) is 34.9 Å². The van der Waals surface area contributed by atoms with Crippen LogP contribution in [0.15, 0.2) is 18.2 Å². The number of nitrogens with one attached hydrogen (secondary N) is 1. The van der Waals surface area contributed by atoms with Crippen LogP contribution < -0.4 is 5.32 Å². The van der Waals surface area contributed by atoms with Crippen LogP contribution in [0.3, 0.4) is 0 Å². The molecule has 1 aromatic carbocycles. The molecule has 2 aliphatic heterocycles. The fourth-order valence-electron chi connectivity index (χ4n) is 3.67. The lowest BCUT2D eigenvalue weighted by Crippen LogP contribution is -2.43. The molecule has 2 saturated heterocycles. The van der Waals surface area contributed by atoms with Crippen LogP contribution in [0, 0.1) is 6.92 Å². The molecule has 0 atom stereocenters. The summed E-state index contributed by atoms with van der Waals surface area (Å²) in [6.45, 7) is 4.28. The van der Waals surface area contributed by atoms with Gasteiger partial charge in [0.05, 0.1) is 0 Å². The fourth-order valence-corrected chi connectivity index (χ4v) is 3.67. The Bertz CT molecular complexity index is 578. The Morgan fingerprint density at radius 1 is 1.21 bits per heavy atom. The Labute approximate surface area is 148 Å². The van der Waals surface area contributed by atoms with Gasteiger partial charge in [-0.25, -0.2) is 8.78 Å². The van der Waals surface area contributed by atoms with Crippen molar-refractivity contribution in [3.8, 4) is 0 Å². The van der Waals surface area contributed by atoms with Crippen molar-refractivity contribution < 1.29 is 13.6 Å². The molecule has 0 spiro atoms. The van der Waals surface area contributed by atoms with Crippen LogP contribution in [0.4, 0.5) is 8.78 Å². The van der Waals surface area contributed by atoms with Gasteiger partial charge in [-0.05, 0) is 56.0 Å². The highest BCUT2D eigenvalue weighted by molar-refractivity contribution is 5.96. The first-order chi connectivity index (χ1) is 11.0. The van der Waals surface area contributed by atoms with Gasteiger partial charge in [-0.1, -0.05) is 12.1 Å². The number of halogens is 3. The molecule has 3 nitrogen and oxygen atoms in total. The van der Waals surface area contributed by atoms with Crippen LogP contribution in [0.1, 0.15) is 53.1 Å². The zero-order valence-electron chi connectivity index (χ0n) is 14.0. The minimum absolute atomic E-state index is 0. The Balaban J connectivity index is 0.00000208. The van der Waals surface area contributed by atoms with Gasteiger partial charge in [-0.2, -0.15) is 0 Å². The van der Waals surface area contributed by atoms with Crippen molar-refractivity contribution in [1.82, 2.24) is 10.2 Å². The molecule has 0 aliphatic carbocycles. The van der Waals surface area contributed by atoms with Gasteiger partial charge in [0.2, 0.25) is 0 Å². The van der Waals surface area contributed by atoms with Gasteiger partial charge in [0.1, 0.15) is 0 Å².